The topological polar surface area (TPSA) is 70.6 Å². The number of furan rings is 1. The molecule has 49 heavy (non-hydrogen) atoms. The van der Waals surface area contributed by atoms with Gasteiger partial charge >= 0.3 is 0 Å². The maximum absolute atomic E-state index is 10.6. The SMILES string of the molecule is N#Cc1cc(-c2ccc(-n3c4ccccc4c4ccc5oc6ccccc6c5c43)c(C#N)c2)ccc1-n1c2ccccc2c2ccccc21. The van der Waals surface area contributed by atoms with Crippen LogP contribution >= 0.6 is 0 Å². The van der Waals surface area contributed by atoms with E-state index in [9.17, 15) is 10.5 Å². The van der Waals surface area contributed by atoms with Crippen molar-refractivity contribution in [2.45, 2.75) is 0 Å². The van der Waals surface area contributed by atoms with Crippen LogP contribution in [-0.2, 0) is 0 Å². The number of aromatic nitrogens is 2. The third-order valence-corrected chi connectivity index (χ3v) is 9.80. The molecule has 3 heterocycles. The van der Waals surface area contributed by atoms with E-state index in [0.717, 1.165) is 88.1 Å². The van der Waals surface area contributed by atoms with Crippen LogP contribution in [0.3, 0.4) is 0 Å². The lowest BCUT2D eigenvalue weighted by Gasteiger charge is -2.14. The molecule has 0 fully saturated rings. The Balaban J connectivity index is 1.17. The summed E-state index contributed by atoms with van der Waals surface area (Å²) < 4.78 is 10.6. The Morgan fingerprint density at radius 3 is 1.51 bits per heavy atom. The first-order chi connectivity index (χ1) is 24.2. The van der Waals surface area contributed by atoms with Crippen molar-refractivity contribution >= 4 is 65.6 Å². The second kappa shape index (κ2) is 10.2. The van der Waals surface area contributed by atoms with Gasteiger partial charge in [0.2, 0.25) is 0 Å². The van der Waals surface area contributed by atoms with Gasteiger partial charge in [-0.15, -0.1) is 0 Å². The highest BCUT2D eigenvalue weighted by atomic mass is 16.3. The molecule has 3 aromatic heterocycles. The molecule has 0 saturated carbocycles. The molecular formula is C44H24N4O. The van der Waals surface area contributed by atoms with Gasteiger partial charge < -0.3 is 13.6 Å². The first kappa shape index (κ1) is 27.1. The minimum Gasteiger partial charge on any atom is -0.456 e. The van der Waals surface area contributed by atoms with Crippen LogP contribution in [0.15, 0.2) is 150 Å². The lowest BCUT2D eigenvalue weighted by molar-refractivity contribution is 0.669. The molecule has 0 amide bonds. The van der Waals surface area contributed by atoms with Crippen molar-refractivity contribution in [3.8, 4) is 34.6 Å². The molecule has 10 aromatic rings. The Bertz CT molecular complexity index is 3030. The average Bonchev–Trinajstić information content (AvgIpc) is 3.82. The molecule has 0 aliphatic rings. The Hall–Kier alpha value is -7.08. The lowest BCUT2D eigenvalue weighted by Crippen LogP contribution is -1.99. The number of benzene rings is 7. The van der Waals surface area contributed by atoms with Gasteiger partial charge in [0, 0.05) is 26.9 Å². The van der Waals surface area contributed by atoms with E-state index in [-0.39, 0.29) is 0 Å². The van der Waals surface area contributed by atoms with Gasteiger partial charge in [0.25, 0.3) is 0 Å². The van der Waals surface area contributed by atoms with Crippen molar-refractivity contribution < 1.29 is 4.42 Å². The van der Waals surface area contributed by atoms with Crippen LogP contribution in [0.5, 0.6) is 0 Å². The third-order valence-electron chi connectivity index (χ3n) is 9.80. The molecule has 0 bridgehead atoms. The standard InChI is InChI=1S/C44H24N4O/c45-25-29-23-27(17-20-36(29)47-38-13-5-1-9-31(38)32-10-2-6-14-39(32)47)28-18-21-37(30(24-28)26-46)48-40-15-7-3-11-33(40)34-19-22-42-43(44(34)48)35-12-4-8-16-41(35)49-42/h1-24H. The molecule has 10 rings (SSSR count). The van der Waals surface area contributed by atoms with Crippen molar-refractivity contribution in [2.75, 3.05) is 0 Å². The third kappa shape index (κ3) is 3.79. The molecule has 0 atom stereocenters. The fraction of sp³-hybridized carbons (Fsp3) is 0. The number of nitriles is 2. The molecule has 0 N–H and O–H groups in total. The molecule has 0 spiro atoms. The number of nitrogens with zero attached hydrogens (tertiary/aromatic N) is 4. The molecule has 7 aromatic carbocycles. The van der Waals surface area contributed by atoms with E-state index < -0.39 is 0 Å². The Kier molecular flexibility index (Phi) is 5.64. The fourth-order valence-corrected chi connectivity index (χ4v) is 7.70. The smallest absolute Gasteiger partial charge is 0.137 e. The second-order valence-corrected chi connectivity index (χ2v) is 12.3. The predicted molar refractivity (Wildman–Crippen MR) is 197 cm³/mol. The summed E-state index contributed by atoms with van der Waals surface area (Å²) in [5, 5.41) is 27.6. The first-order valence-corrected chi connectivity index (χ1v) is 16.1. The highest BCUT2D eigenvalue weighted by Crippen LogP contribution is 2.42. The van der Waals surface area contributed by atoms with E-state index in [1.54, 1.807) is 0 Å². The summed E-state index contributed by atoms with van der Waals surface area (Å²) in [5.41, 5.74) is 10.2. The van der Waals surface area contributed by atoms with E-state index in [1.165, 1.54) is 0 Å². The van der Waals surface area contributed by atoms with Crippen LogP contribution in [0.2, 0.25) is 0 Å². The minimum atomic E-state index is 0.537. The summed E-state index contributed by atoms with van der Waals surface area (Å²) in [6.07, 6.45) is 0. The molecule has 0 saturated heterocycles. The number of para-hydroxylation sites is 4. The summed E-state index contributed by atoms with van der Waals surface area (Å²) in [4.78, 5) is 0. The highest BCUT2D eigenvalue weighted by molar-refractivity contribution is 6.24. The first-order valence-electron chi connectivity index (χ1n) is 16.1. The lowest BCUT2D eigenvalue weighted by atomic mass is 9.99. The summed E-state index contributed by atoms with van der Waals surface area (Å²) >= 11 is 0. The van der Waals surface area contributed by atoms with Crippen LogP contribution in [-0.4, -0.2) is 9.13 Å². The van der Waals surface area contributed by atoms with Crippen LogP contribution in [0.4, 0.5) is 0 Å². The van der Waals surface area contributed by atoms with Gasteiger partial charge in [-0.2, -0.15) is 10.5 Å². The van der Waals surface area contributed by atoms with Crippen LogP contribution in [0.25, 0.3) is 88.1 Å². The van der Waals surface area contributed by atoms with Crippen molar-refractivity contribution in [3.05, 3.63) is 157 Å². The molecule has 5 nitrogen and oxygen atoms in total. The van der Waals surface area contributed by atoms with Crippen molar-refractivity contribution in [1.29, 1.82) is 10.5 Å². The van der Waals surface area contributed by atoms with Gasteiger partial charge in [0.1, 0.15) is 23.3 Å². The van der Waals surface area contributed by atoms with Crippen molar-refractivity contribution in [2.24, 2.45) is 0 Å². The zero-order valence-corrected chi connectivity index (χ0v) is 26.1. The van der Waals surface area contributed by atoms with Crippen molar-refractivity contribution in [1.82, 2.24) is 9.13 Å². The van der Waals surface area contributed by atoms with Gasteiger partial charge in [-0.3, -0.25) is 0 Å². The van der Waals surface area contributed by atoms with Gasteiger partial charge in [-0.1, -0.05) is 84.9 Å². The predicted octanol–water partition coefficient (Wildman–Crippen LogP) is 11.2. The summed E-state index contributed by atoms with van der Waals surface area (Å²) in [7, 11) is 0. The van der Waals surface area contributed by atoms with Gasteiger partial charge in [-0.25, -0.2) is 0 Å². The van der Waals surface area contributed by atoms with Crippen LogP contribution in [0.1, 0.15) is 11.1 Å². The van der Waals surface area contributed by atoms with E-state index in [0.29, 0.717) is 11.1 Å². The Morgan fingerprint density at radius 1 is 0.429 bits per heavy atom. The number of hydrogen-bond donors (Lipinski definition) is 0. The zero-order valence-electron chi connectivity index (χ0n) is 26.1. The number of rotatable bonds is 3. The summed E-state index contributed by atoms with van der Waals surface area (Å²) in [6, 6.07) is 54.1. The monoisotopic (exact) mass is 624 g/mol. The molecular weight excluding hydrogens is 601 g/mol. The zero-order chi connectivity index (χ0) is 32.6. The largest absolute Gasteiger partial charge is 0.456 e. The number of fused-ring (bicyclic) bond motifs is 10. The average molecular weight is 625 g/mol. The maximum Gasteiger partial charge on any atom is 0.137 e. The van der Waals surface area contributed by atoms with E-state index in [2.05, 4.69) is 69.8 Å². The highest BCUT2D eigenvalue weighted by Gasteiger charge is 2.21. The molecule has 0 aliphatic heterocycles. The molecule has 0 unspecified atom stereocenters. The fourth-order valence-electron chi connectivity index (χ4n) is 7.70. The van der Waals surface area contributed by atoms with E-state index in [4.69, 9.17) is 4.42 Å². The Labute approximate surface area is 280 Å². The normalized spacial score (nSPS) is 11.6. The van der Waals surface area contributed by atoms with E-state index >= 15 is 0 Å². The second-order valence-electron chi connectivity index (χ2n) is 12.3. The molecule has 0 aliphatic carbocycles. The van der Waals surface area contributed by atoms with Crippen LogP contribution in [0, 0.1) is 22.7 Å². The summed E-state index contributed by atoms with van der Waals surface area (Å²) in [6.45, 7) is 0. The molecule has 5 heteroatoms. The Morgan fingerprint density at radius 2 is 0.918 bits per heavy atom. The molecule has 0 radical (unpaired) electrons. The summed E-state index contributed by atoms with van der Waals surface area (Å²) in [5.74, 6) is 0. The maximum atomic E-state index is 10.6. The molecule has 226 valence electrons. The van der Waals surface area contributed by atoms with Gasteiger partial charge in [-0.05, 0) is 71.8 Å². The van der Waals surface area contributed by atoms with Crippen LogP contribution < -0.4 is 0 Å². The van der Waals surface area contributed by atoms with Gasteiger partial charge in [0.05, 0.1) is 50.0 Å². The van der Waals surface area contributed by atoms with Gasteiger partial charge in [0.15, 0.2) is 0 Å². The minimum absolute atomic E-state index is 0.537. The van der Waals surface area contributed by atoms with Crippen molar-refractivity contribution in [3.63, 3.8) is 0 Å². The van der Waals surface area contributed by atoms with E-state index in [1.807, 2.05) is 97.1 Å². The quantitative estimate of drug-likeness (QED) is 0.196. The number of hydrogen-bond acceptors (Lipinski definition) is 3.